The molecule has 1 aliphatic heterocycles. The number of hydrogen-bond donors (Lipinski definition) is 2. The molecule has 1 amide bonds. The molecule has 0 aromatic rings. The summed E-state index contributed by atoms with van der Waals surface area (Å²) in [5, 5.41) is 3.22. The molecule has 124 valence electrons. The highest BCUT2D eigenvalue weighted by Crippen LogP contribution is 2.57. The summed E-state index contributed by atoms with van der Waals surface area (Å²) >= 11 is 0. The molecule has 4 heteroatoms. The van der Waals surface area contributed by atoms with Gasteiger partial charge in [0.25, 0.3) is 0 Å². The molecule has 3 aliphatic carbocycles. The lowest BCUT2D eigenvalue weighted by Crippen LogP contribution is -2.82. The number of hydrogen-bond acceptors (Lipinski definition) is 3. The Morgan fingerprint density at radius 2 is 2.09 bits per heavy atom. The molecule has 3 saturated carbocycles. The molecular formula is C18H30N2O2. The van der Waals surface area contributed by atoms with Gasteiger partial charge in [0, 0.05) is 24.5 Å². The topological polar surface area (TPSA) is 64.3 Å². The largest absolute Gasteiger partial charge is 0.377 e. The van der Waals surface area contributed by atoms with E-state index in [4.69, 9.17) is 10.5 Å². The van der Waals surface area contributed by atoms with Crippen molar-refractivity contribution in [3.05, 3.63) is 0 Å². The summed E-state index contributed by atoms with van der Waals surface area (Å²) in [6, 6.07) is 0. The SMILES string of the molecule is CC1(C)C2OCCCC2C1(N)C(=O)NCC1CC2CCC1C2. The summed E-state index contributed by atoms with van der Waals surface area (Å²) in [5.41, 5.74) is 5.63. The smallest absolute Gasteiger partial charge is 0.241 e. The second-order valence-corrected chi connectivity index (χ2v) is 8.78. The van der Waals surface area contributed by atoms with Crippen LogP contribution in [0.1, 0.15) is 52.4 Å². The zero-order chi connectivity index (χ0) is 15.5. The second kappa shape index (κ2) is 4.94. The van der Waals surface area contributed by atoms with Gasteiger partial charge in [-0.2, -0.15) is 0 Å². The summed E-state index contributed by atoms with van der Waals surface area (Å²) in [5.74, 6) is 2.71. The van der Waals surface area contributed by atoms with Crippen LogP contribution in [0.15, 0.2) is 0 Å². The first-order valence-corrected chi connectivity index (χ1v) is 9.13. The highest BCUT2D eigenvalue weighted by molar-refractivity contribution is 5.89. The Balaban J connectivity index is 1.41. The van der Waals surface area contributed by atoms with Gasteiger partial charge in [0.05, 0.1) is 6.10 Å². The van der Waals surface area contributed by atoms with Crippen molar-refractivity contribution in [2.24, 2.45) is 34.8 Å². The van der Waals surface area contributed by atoms with Crippen LogP contribution in [-0.2, 0) is 9.53 Å². The summed E-state index contributed by atoms with van der Waals surface area (Å²) in [6.07, 6.45) is 7.66. The van der Waals surface area contributed by atoms with Gasteiger partial charge in [-0.05, 0) is 49.9 Å². The van der Waals surface area contributed by atoms with E-state index in [1.807, 2.05) is 0 Å². The Bertz CT molecular complexity index is 478. The average molecular weight is 306 g/mol. The van der Waals surface area contributed by atoms with Gasteiger partial charge in [0.2, 0.25) is 5.91 Å². The van der Waals surface area contributed by atoms with E-state index in [0.29, 0.717) is 5.92 Å². The molecule has 3 N–H and O–H groups in total. The van der Waals surface area contributed by atoms with Crippen molar-refractivity contribution in [1.82, 2.24) is 5.32 Å². The molecule has 0 radical (unpaired) electrons. The molecule has 4 rings (SSSR count). The van der Waals surface area contributed by atoms with Crippen LogP contribution in [0, 0.1) is 29.1 Å². The highest BCUT2D eigenvalue weighted by atomic mass is 16.5. The normalized spacial score (nSPS) is 48.6. The van der Waals surface area contributed by atoms with Crippen LogP contribution in [-0.4, -0.2) is 30.7 Å². The summed E-state index contributed by atoms with van der Waals surface area (Å²) < 4.78 is 5.90. The Morgan fingerprint density at radius 3 is 2.77 bits per heavy atom. The summed E-state index contributed by atoms with van der Waals surface area (Å²) in [7, 11) is 0. The van der Waals surface area contributed by atoms with E-state index in [2.05, 4.69) is 19.2 Å². The molecule has 4 nitrogen and oxygen atoms in total. The molecule has 6 atom stereocenters. The van der Waals surface area contributed by atoms with E-state index < -0.39 is 5.54 Å². The molecule has 1 heterocycles. The maximum absolute atomic E-state index is 12.9. The third-order valence-electron chi connectivity index (χ3n) is 7.47. The Hall–Kier alpha value is -0.610. The van der Waals surface area contributed by atoms with Crippen LogP contribution in [0.4, 0.5) is 0 Å². The minimum Gasteiger partial charge on any atom is -0.377 e. The maximum atomic E-state index is 12.9. The molecule has 0 aromatic heterocycles. The molecule has 4 aliphatic rings. The minimum atomic E-state index is -0.754. The van der Waals surface area contributed by atoms with E-state index in [9.17, 15) is 4.79 Å². The van der Waals surface area contributed by atoms with E-state index in [1.165, 1.54) is 25.7 Å². The molecule has 0 spiro atoms. The van der Waals surface area contributed by atoms with Crippen LogP contribution in [0.25, 0.3) is 0 Å². The number of nitrogens with one attached hydrogen (secondary N) is 1. The quantitative estimate of drug-likeness (QED) is 0.839. The average Bonchev–Trinajstić information content (AvgIpc) is 3.14. The fourth-order valence-electron chi connectivity index (χ4n) is 6.03. The molecule has 6 unspecified atom stereocenters. The molecule has 4 fully saturated rings. The summed E-state index contributed by atoms with van der Waals surface area (Å²) in [4.78, 5) is 12.9. The summed E-state index contributed by atoms with van der Waals surface area (Å²) in [6.45, 7) is 5.83. The van der Waals surface area contributed by atoms with Crippen molar-refractivity contribution in [3.63, 3.8) is 0 Å². The standard InChI is InChI=1S/C18H30N2O2/c1-17(2)15-14(4-3-7-22-15)18(17,19)16(21)20-10-13-9-11-5-6-12(13)8-11/h11-15H,3-10,19H2,1-2H3,(H,20,21). The number of amides is 1. The van der Waals surface area contributed by atoms with Crippen molar-refractivity contribution in [3.8, 4) is 0 Å². The van der Waals surface area contributed by atoms with Gasteiger partial charge in [-0.1, -0.05) is 20.3 Å². The predicted molar refractivity (Wildman–Crippen MR) is 85.1 cm³/mol. The first-order valence-electron chi connectivity index (χ1n) is 9.13. The number of fused-ring (bicyclic) bond motifs is 3. The number of ether oxygens (including phenoxy) is 1. The van der Waals surface area contributed by atoms with E-state index in [-0.39, 0.29) is 23.3 Å². The highest BCUT2D eigenvalue weighted by Gasteiger charge is 2.70. The first-order chi connectivity index (χ1) is 10.4. The van der Waals surface area contributed by atoms with Gasteiger partial charge < -0.3 is 15.8 Å². The number of rotatable bonds is 3. The van der Waals surface area contributed by atoms with Crippen LogP contribution in [0.2, 0.25) is 0 Å². The number of carbonyl (C=O) groups excluding carboxylic acids is 1. The van der Waals surface area contributed by atoms with Crippen molar-refractivity contribution in [2.75, 3.05) is 13.2 Å². The van der Waals surface area contributed by atoms with Crippen LogP contribution < -0.4 is 11.1 Å². The third kappa shape index (κ3) is 1.86. The molecule has 22 heavy (non-hydrogen) atoms. The fraction of sp³-hybridized carbons (Fsp3) is 0.944. The monoisotopic (exact) mass is 306 g/mol. The van der Waals surface area contributed by atoms with Crippen LogP contribution in [0.3, 0.4) is 0 Å². The van der Waals surface area contributed by atoms with Gasteiger partial charge in [-0.15, -0.1) is 0 Å². The lowest BCUT2D eigenvalue weighted by atomic mass is 9.46. The third-order valence-corrected chi connectivity index (χ3v) is 7.47. The zero-order valence-corrected chi connectivity index (χ0v) is 13.9. The lowest BCUT2D eigenvalue weighted by molar-refractivity contribution is -0.225. The van der Waals surface area contributed by atoms with Gasteiger partial charge in [-0.25, -0.2) is 0 Å². The number of nitrogens with two attached hydrogens (primary N) is 1. The first kappa shape index (κ1) is 14.9. The lowest BCUT2D eigenvalue weighted by Gasteiger charge is -2.65. The van der Waals surface area contributed by atoms with Gasteiger partial charge >= 0.3 is 0 Å². The molecule has 1 saturated heterocycles. The molecule has 2 bridgehead atoms. The minimum absolute atomic E-state index is 0.0621. The van der Waals surface area contributed by atoms with Gasteiger partial charge in [-0.3, -0.25) is 4.79 Å². The van der Waals surface area contributed by atoms with Gasteiger partial charge in [0.15, 0.2) is 0 Å². The van der Waals surface area contributed by atoms with E-state index in [1.54, 1.807) is 0 Å². The Morgan fingerprint density at radius 1 is 1.27 bits per heavy atom. The maximum Gasteiger partial charge on any atom is 0.241 e. The van der Waals surface area contributed by atoms with Crippen molar-refractivity contribution in [1.29, 1.82) is 0 Å². The zero-order valence-electron chi connectivity index (χ0n) is 13.9. The van der Waals surface area contributed by atoms with Gasteiger partial charge in [0.1, 0.15) is 5.54 Å². The Labute approximate surface area is 133 Å². The fourth-order valence-corrected chi connectivity index (χ4v) is 6.03. The molecule has 0 aromatic carbocycles. The number of carbonyl (C=O) groups is 1. The Kier molecular flexibility index (Phi) is 3.36. The predicted octanol–water partition coefficient (Wildman–Crippen LogP) is 2.07. The van der Waals surface area contributed by atoms with Crippen LogP contribution in [0.5, 0.6) is 0 Å². The van der Waals surface area contributed by atoms with Crippen molar-refractivity contribution >= 4 is 5.91 Å². The molecular weight excluding hydrogens is 276 g/mol. The van der Waals surface area contributed by atoms with E-state index >= 15 is 0 Å². The second-order valence-electron chi connectivity index (χ2n) is 8.78. The van der Waals surface area contributed by atoms with E-state index in [0.717, 1.165) is 37.8 Å². The van der Waals surface area contributed by atoms with Crippen LogP contribution >= 0.6 is 0 Å². The van der Waals surface area contributed by atoms with Crippen molar-refractivity contribution < 1.29 is 9.53 Å². The van der Waals surface area contributed by atoms with Crippen molar-refractivity contribution in [2.45, 2.75) is 64.0 Å².